The molecule has 0 saturated heterocycles. The molecule has 0 aromatic rings. The fourth-order valence-corrected chi connectivity index (χ4v) is 2.08. The van der Waals surface area contributed by atoms with Crippen LogP contribution in [-0.2, 0) is 28.5 Å². The number of hydrogen-bond acceptors (Lipinski definition) is 6. The van der Waals surface area contributed by atoms with Crippen LogP contribution in [0.15, 0.2) is 75.9 Å². The largest absolute Gasteiger partial charge is 0.362 e. The molecule has 0 fully saturated rings. The molecule has 0 heterocycles. The Kier molecular flexibility index (Phi) is 13.7. The van der Waals surface area contributed by atoms with Crippen molar-refractivity contribution in [2.24, 2.45) is 0 Å². The first kappa shape index (κ1) is 26.2. The molecule has 0 aliphatic heterocycles. The summed E-state index contributed by atoms with van der Waals surface area (Å²) in [5.41, 5.74) is 0. The molecule has 1 atom stereocenters. The first-order chi connectivity index (χ1) is 13.9. The van der Waals surface area contributed by atoms with E-state index in [0.717, 1.165) is 12.2 Å². The molecule has 2 amide bonds. The maximum absolute atomic E-state index is 12.0. The summed E-state index contributed by atoms with van der Waals surface area (Å²) in [5.74, 6) is -3.01. The van der Waals surface area contributed by atoms with Crippen LogP contribution in [0.5, 0.6) is 0 Å². The van der Waals surface area contributed by atoms with E-state index >= 15 is 0 Å². The van der Waals surface area contributed by atoms with Gasteiger partial charge in [0.1, 0.15) is 6.17 Å². The Morgan fingerprint density at radius 3 is 1.41 bits per heavy atom. The molecule has 0 aromatic carbocycles. The molecule has 0 aliphatic carbocycles. The van der Waals surface area contributed by atoms with Gasteiger partial charge in [0.15, 0.2) is 6.10 Å². The average molecular weight is 406 g/mol. The zero-order valence-electron chi connectivity index (χ0n) is 16.6. The molecule has 8 nitrogen and oxygen atoms in total. The van der Waals surface area contributed by atoms with Crippen molar-refractivity contribution in [2.75, 3.05) is 26.4 Å². The number of rotatable bonds is 18. The number of hydrogen-bond donors (Lipinski definition) is 2. The SMILES string of the molecule is C=CCOC(C(NC(=O)C=C)NC(=O)C=C)C(OCC=C)(OCC=C)OCC=C. The Morgan fingerprint density at radius 2 is 1.10 bits per heavy atom. The molecule has 2 N–H and O–H groups in total. The van der Waals surface area contributed by atoms with E-state index in [9.17, 15) is 9.59 Å². The van der Waals surface area contributed by atoms with Gasteiger partial charge in [-0.25, -0.2) is 0 Å². The molecular weight excluding hydrogens is 376 g/mol. The van der Waals surface area contributed by atoms with Gasteiger partial charge < -0.3 is 29.6 Å². The van der Waals surface area contributed by atoms with Gasteiger partial charge in [0.2, 0.25) is 11.8 Å². The van der Waals surface area contributed by atoms with Crippen molar-refractivity contribution in [3.05, 3.63) is 75.9 Å². The summed E-state index contributed by atoms with van der Waals surface area (Å²) in [7, 11) is 0. The van der Waals surface area contributed by atoms with Crippen molar-refractivity contribution in [1.82, 2.24) is 10.6 Å². The zero-order chi connectivity index (χ0) is 22.1. The maximum atomic E-state index is 12.0. The Morgan fingerprint density at radius 1 is 0.724 bits per heavy atom. The van der Waals surface area contributed by atoms with Crippen molar-refractivity contribution < 1.29 is 28.5 Å². The van der Waals surface area contributed by atoms with Crippen LogP contribution in [-0.4, -0.2) is 56.5 Å². The minimum atomic E-state index is -1.87. The lowest BCUT2D eigenvalue weighted by atomic mass is 10.2. The van der Waals surface area contributed by atoms with E-state index in [1.54, 1.807) is 0 Å². The number of amides is 2. The van der Waals surface area contributed by atoms with E-state index in [1.165, 1.54) is 24.3 Å². The van der Waals surface area contributed by atoms with Gasteiger partial charge in [0, 0.05) is 0 Å². The second-order valence-electron chi connectivity index (χ2n) is 5.35. The van der Waals surface area contributed by atoms with Gasteiger partial charge in [-0.05, 0) is 12.2 Å². The van der Waals surface area contributed by atoms with Crippen molar-refractivity contribution in [2.45, 2.75) is 18.2 Å². The summed E-state index contributed by atoms with van der Waals surface area (Å²) in [6.07, 6.45) is 5.67. The first-order valence-corrected chi connectivity index (χ1v) is 8.77. The fraction of sp³-hybridized carbons (Fsp3) is 0.333. The van der Waals surface area contributed by atoms with Crippen molar-refractivity contribution >= 4 is 11.8 Å². The van der Waals surface area contributed by atoms with E-state index < -0.39 is 30.1 Å². The molecule has 29 heavy (non-hydrogen) atoms. The van der Waals surface area contributed by atoms with Crippen LogP contribution in [0.25, 0.3) is 0 Å². The third-order valence-corrected chi connectivity index (χ3v) is 3.22. The van der Waals surface area contributed by atoms with Gasteiger partial charge in [0.05, 0.1) is 26.4 Å². The van der Waals surface area contributed by atoms with Crippen LogP contribution in [0, 0.1) is 0 Å². The third kappa shape index (κ3) is 9.31. The molecule has 0 aliphatic rings. The predicted octanol–water partition coefficient (Wildman–Crippen LogP) is 1.75. The lowest BCUT2D eigenvalue weighted by Crippen LogP contribution is -2.65. The molecule has 0 saturated carbocycles. The van der Waals surface area contributed by atoms with Gasteiger partial charge in [-0.2, -0.15) is 0 Å². The van der Waals surface area contributed by atoms with Gasteiger partial charge in [-0.15, -0.1) is 26.3 Å². The Bertz CT molecular complexity index is 549. The molecule has 0 spiro atoms. The minimum absolute atomic E-state index is 0.0137. The summed E-state index contributed by atoms with van der Waals surface area (Å²) in [4.78, 5) is 24.0. The lowest BCUT2D eigenvalue weighted by molar-refractivity contribution is -0.412. The average Bonchev–Trinajstić information content (AvgIpc) is 2.73. The summed E-state index contributed by atoms with van der Waals surface area (Å²) in [6.45, 7) is 21.3. The van der Waals surface area contributed by atoms with E-state index in [1.807, 2.05) is 0 Å². The van der Waals surface area contributed by atoms with E-state index in [-0.39, 0.29) is 26.4 Å². The highest BCUT2D eigenvalue weighted by Gasteiger charge is 2.49. The fourth-order valence-electron chi connectivity index (χ4n) is 2.08. The summed E-state index contributed by atoms with van der Waals surface area (Å²) >= 11 is 0. The monoisotopic (exact) mass is 406 g/mol. The van der Waals surface area contributed by atoms with Crippen molar-refractivity contribution in [3.63, 3.8) is 0 Å². The molecule has 160 valence electrons. The Labute approximate surface area is 172 Å². The molecule has 0 radical (unpaired) electrons. The first-order valence-electron chi connectivity index (χ1n) is 8.77. The van der Waals surface area contributed by atoms with Crippen LogP contribution in [0.4, 0.5) is 0 Å². The van der Waals surface area contributed by atoms with Crippen molar-refractivity contribution in [3.8, 4) is 0 Å². The highest BCUT2D eigenvalue weighted by Crippen LogP contribution is 2.26. The number of carbonyl (C=O) groups is 2. The van der Waals surface area contributed by atoms with E-state index in [2.05, 4.69) is 50.1 Å². The molecule has 0 bridgehead atoms. The number of carbonyl (C=O) groups excluding carboxylic acids is 2. The third-order valence-electron chi connectivity index (χ3n) is 3.22. The number of nitrogens with one attached hydrogen (secondary N) is 2. The molecule has 1 unspecified atom stereocenters. The summed E-state index contributed by atoms with van der Waals surface area (Å²) in [5, 5.41) is 5.12. The molecule has 0 aromatic heterocycles. The van der Waals surface area contributed by atoms with Gasteiger partial charge >= 0.3 is 5.97 Å². The van der Waals surface area contributed by atoms with Crippen LogP contribution in [0.1, 0.15) is 0 Å². The van der Waals surface area contributed by atoms with E-state index in [4.69, 9.17) is 18.9 Å². The zero-order valence-corrected chi connectivity index (χ0v) is 16.6. The maximum Gasteiger partial charge on any atom is 0.315 e. The summed E-state index contributed by atoms with van der Waals surface area (Å²) < 4.78 is 23.2. The topological polar surface area (TPSA) is 95.1 Å². The van der Waals surface area contributed by atoms with Gasteiger partial charge in [-0.3, -0.25) is 9.59 Å². The number of ether oxygens (including phenoxy) is 4. The Balaban J connectivity index is 6.30. The van der Waals surface area contributed by atoms with E-state index in [0.29, 0.717) is 0 Å². The highest BCUT2D eigenvalue weighted by molar-refractivity contribution is 5.89. The molecular formula is C21H30N2O6. The van der Waals surface area contributed by atoms with Crippen LogP contribution < -0.4 is 10.6 Å². The quantitative estimate of drug-likeness (QED) is 0.205. The normalized spacial score (nSPS) is 11.8. The standard InChI is InChI=1S/C21H30N2O6/c1-7-13-26-19(20(22-17(24)11-5)23-18(25)12-6)21(27-14-8-2,28-15-9-3)29-16-10-4/h7-12,19-20H,1-6,13-16H2,(H,22,24)(H,23,25). The van der Waals surface area contributed by atoms with Gasteiger partial charge in [0.25, 0.3) is 0 Å². The highest BCUT2D eigenvalue weighted by atomic mass is 16.9. The van der Waals surface area contributed by atoms with Crippen molar-refractivity contribution in [1.29, 1.82) is 0 Å². The molecule has 8 heteroatoms. The Hall–Kier alpha value is -2.78. The smallest absolute Gasteiger partial charge is 0.315 e. The van der Waals surface area contributed by atoms with Gasteiger partial charge in [-0.1, -0.05) is 37.5 Å². The predicted molar refractivity (Wildman–Crippen MR) is 112 cm³/mol. The van der Waals surface area contributed by atoms with Crippen LogP contribution in [0.2, 0.25) is 0 Å². The van der Waals surface area contributed by atoms with Crippen LogP contribution >= 0.6 is 0 Å². The summed E-state index contributed by atoms with van der Waals surface area (Å²) in [6, 6.07) is 0. The van der Waals surface area contributed by atoms with Crippen LogP contribution in [0.3, 0.4) is 0 Å². The minimum Gasteiger partial charge on any atom is -0.362 e. The second-order valence-corrected chi connectivity index (χ2v) is 5.35. The molecule has 0 rings (SSSR count). The second kappa shape index (κ2) is 15.2. The lowest BCUT2D eigenvalue weighted by Gasteiger charge is -2.41.